The molecule has 13 nitrogen and oxygen atoms in total. The molecule has 2 aromatic rings. The Morgan fingerprint density at radius 3 is 2.44 bits per heavy atom. The number of anilines is 1. The number of rotatable bonds is 14. The van der Waals surface area contributed by atoms with E-state index in [9.17, 15) is 36.8 Å². The number of nitrogens with zero attached hydrogens (tertiary/aromatic N) is 4. The number of alkyl halides is 2. The maximum Gasteiger partial charge on any atom is 0.387 e. The number of esters is 1. The van der Waals surface area contributed by atoms with Crippen molar-refractivity contribution < 1.29 is 45.8 Å². The number of carbonyl (C=O) groups excluding carboxylic acids is 3. The molecule has 3 aliphatic heterocycles. The number of hydroxylamine groups is 2. The highest BCUT2D eigenvalue weighted by Gasteiger charge is 2.42. The normalized spacial score (nSPS) is 20.7. The summed E-state index contributed by atoms with van der Waals surface area (Å²) in [4.78, 5) is 43.1. The third-order valence-corrected chi connectivity index (χ3v) is 10.2. The van der Waals surface area contributed by atoms with Crippen LogP contribution in [0.1, 0.15) is 58.4 Å². The Bertz CT molecular complexity index is 1810. The van der Waals surface area contributed by atoms with E-state index >= 15 is 0 Å². The molecule has 2 fully saturated rings. The average molecular weight is 716 g/mol. The number of likely N-dealkylation sites (tertiary alicyclic amines) is 1. The molecule has 0 bridgehead atoms. The second-order valence-electron chi connectivity index (χ2n) is 12.7. The van der Waals surface area contributed by atoms with Gasteiger partial charge in [0.1, 0.15) is 6.54 Å². The van der Waals surface area contributed by atoms with Crippen molar-refractivity contribution in [3.05, 3.63) is 82.7 Å². The fourth-order valence-corrected chi connectivity index (χ4v) is 7.11. The van der Waals surface area contributed by atoms with Gasteiger partial charge in [-0.1, -0.05) is 12.5 Å². The van der Waals surface area contributed by atoms with E-state index < -0.39 is 46.7 Å². The van der Waals surface area contributed by atoms with E-state index in [4.69, 9.17) is 9.47 Å². The Kier molecular flexibility index (Phi) is 10.1. The number of hydrogen-bond acceptors (Lipinski definition) is 11. The molecule has 50 heavy (non-hydrogen) atoms. The van der Waals surface area contributed by atoms with Crippen LogP contribution in [0.2, 0.25) is 0 Å². The van der Waals surface area contributed by atoms with Gasteiger partial charge in [0.2, 0.25) is 15.7 Å². The zero-order valence-corrected chi connectivity index (χ0v) is 28.2. The van der Waals surface area contributed by atoms with Crippen LogP contribution in [0.15, 0.2) is 60.8 Å². The van der Waals surface area contributed by atoms with Crippen molar-refractivity contribution in [2.45, 2.75) is 44.4 Å². The quantitative estimate of drug-likeness (QED) is 0.205. The predicted molar refractivity (Wildman–Crippen MR) is 177 cm³/mol. The molecular weight excluding hydrogens is 678 g/mol. The molecule has 1 aliphatic carbocycles. The van der Waals surface area contributed by atoms with E-state index in [1.807, 2.05) is 0 Å². The van der Waals surface area contributed by atoms with E-state index in [1.165, 1.54) is 58.9 Å². The molecule has 1 unspecified atom stereocenters. The smallest absolute Gasteiger partial charge is 0.387 e. The molecule has 3 heterocycles. The van der Waals surface area contributed by atoms with Crippen LogP contribution in [0.5, 0.6) is 11.5 Å². The topological polar surface area (TPSA) is 149 Å². The highest BCUT2D eigenvalue weighted by molar-refractivity contribution is 7.92. The zero-order valence-electron chi connectivity index (χ0n) is 27.3. The lowest BCUT2D eigenvalue weighted by molar-refractivity contribution is -0.168. The number of ether oxygens (including phenoxy) is 3. The number of carbonyl (C=O) groups is 3. The van der Waals surface area contributed by atoms with Crippen LogP contribution in [-0.2, 0) is 25.3 Å². The maximum absolute atomic E-state index is 13.5. The van der Waals surface area contributed by atoms with E-state index in [0.29, 0.717) is 16.5 Å². The first kappa shape index (κ1) is 35.3. The Hall–Kier alpha value is -4.54. The summed E-state index contributed by atoms with van der Waals surface area (Å²) in [6.07, 6.45) is 11.3. The predicted octanol–water partition coefficient (Wildman–Crippen LogP) is 4.20. The van der Waals surface area contributed by atoms with Crippen LogP contribution in [-0.4, -0.2) is 93.3 Å². The highest BCUT2D eigenvalue weighted by Crippen LogP contribution is 2.41. The molecule has 0 radical (unpaired) electrons. The van der Waals surface area contributed by atoms with Crippen molar-refractivity contribution in [3.63, 3.8) is 0 Å². The van der Waals surface area contributed by atoms with Crippen molar-refractivity contribution in [1.29, 1.82) is 0 Å². The van der Waals surface area contributed by atoms with E-state index in [2.05, 4.69) is 9.64 Å². The first-order valence-electron chi connectivity index (χ1n) is 16.3. The fourth-order valence-electron chi connectivity index (χ4n) is 6.20. The molecule has 16 heteroatoms. The molecule has 0 spiro atoms. The summed E-state index contributed by atoms with van der Waals surface area (Å²) in [6.45, 7) is -1.42. The van der Waals surface area contributed by atoms with E-state index in [1.54, 1.807) is 0 Å². The van der Waals surface area contributed by atoms with Crippen molar-refractivity contribution in [2.24, 2.45) is 5.92 Å². The number of piperidine rings is 1. The lowest BCUT2D eigenvalue weighted by Gasteiger charge is -2.46. The van der Waals surface area contributed by atoms with Gasteiger partial charge in [-0.3, -0.25) is 23.6 Å². The van der Waals surface area contributed by atoms with Gasteiger partial charge < -0.3 is 29.4 Å². The van der Waals surface area contributed by atoms with Crippen molar-refractivity contribution in [3.8, 4) is 11.5 Å². The van der Waals surface area contributed by atoms with Crippen molar-refractivity contribution in [2.75, 3.05) is 49.9 Å². The van der Waals surface area contributed by atoms with E-state index in [-0.39, 0.29) is 52.9 Å². The molecular formula is C34H37F2N4O9S-. The van der Waals surface area contributed by atoms with Gasteiger partial charge in [-0.05, 0) is 99.4 Å². The minimum Gasteiger partial charge on any atom is -0.755 e. The summed E-state index contributed by atoms with van der Waals surface area (Å²) in [5, 5.41) is 13.6. The second-order valence-corrected chi connectivity index (χ2v) is 14.6. The lowest BCUT2D eigenvalue weighted by Crippen LogP contribution is -2.46. The van der Waals surface area contributed by atoms with Gasteiger partial charge >= 0.3 is 12.6 Å². The molecule has 1 saturated heterocycles. The van der Waals surface area contributed by atoms with Crippen LogP contribution in [0.25, 0.3) is 0 Å². The largest absolute Gasteiger partial charge is 0.755 e. The summed E-state index contributed by atoms with van der Waals surface area (Å²) < 4.78 is 69.0. The zero-order chi connectivity index (χ0) is 35.6. The van der Waals surface area contributed by atoms with Gasteiger partial charge in [0, 0.05) is 18.7 Å². The minimum atomic E-state index is -3.75. The van der Waals surface area contributed by atoms with Gasteiger partial charge in [0.25, 0.3) is 11.8 Å². The summed E-state index contributed by atoms with van der Waals surface area (Å²) in [6, 6.07) is 7.82. The third kappa shape index (κ3) is 7.61. The standard InChI is InChI=1S/C34H37F2N4O9S/c1-50(45,46)39(18-17-37-14-4-2-5-15-37)25-10-11-26-27(20-25)32(43)38(31(26)42)21-30(41)49-34(13-3-6-16-40(34)44)24-9-12-28(48-33(35)36)29(19-24)47-22-23-7-8-23/h3,6,9-13,16,19-20,23,33H,2,4-5,7-8,14-15,17-18,21-22H2,1H3/q-1. The van der Waals surface area contributed by atoms with Gasteiger partial charge in [0.15, 0.2) is 11.5 Å². The summed E-state index contributed by atoms with van der Waals surface area (Å²) in [5.41, 5.74) is -2.02. The van der Waals surface area contributed by atoms with Crippen LogP contribution in [0, 0.1) is 11.1 Å². The molecule has 1 atom stereocenters. The second kappa shape index (κ2) is 14.4. The summed E-state index contributed by atoms with van der Waals surface area (Å²) in [5.74, 6) is -2.88. The molecule has 0 N–H and O–H groups in total. The number of hydrogen-bond donors (Lipinski definition) is 0. The molecule has 4 aliphatic rings. The van der Waals surface area contributed by atoms with Crippen molar-refractivity contribution >= 4 is 33.5 Å². The summed E-state index contributed by atoms with van der Waals surface area (Å²) in [7, 11) is -3.75. The van der Waals surface area contributed by atoms with Gasteiger partial charge in [-0.25, -0.2) is 8.42 Å². The molecule has 2 amide bonds. The number of allylic oxidation sites excluding steroid dienone is 2. The Morgan fingerprint density at radius 2 is 1.76 bits per heavy atom. The lowest BCUT2D eigenvalue weighted by atomic mass is 9.99. The van der Waals surface area contributed by atoms with Gasteiger partial charge in [-0.2, -0.15) is 8.78 Å². The van der Waals surface area contributed by atoms with Crippen LogP contribution in [0.3, 0.4) is 0 Å². The van der Waals surface area contributed by atoms with E-state index in [0.717, 1.165) is 57.6 Å². The average Bonchev–Trinajstić information content (AvgIpc) is 3.88. The van der Waals surface area contributed by atoms with Crippen LogP contribution >= 0.6 is 0 Å². The third-order valence-electron chi connectivity index (χ3n) is 8.99. The van der Waals surface area contributed by atoms with Gasteiger partial charge in [-0.15, -0.1) is 0 Å². The Balaban J connectivity index is 1.21. The number of sulfonamides is 1. The molecule has 2 aromatic carbocycles. The number of imide groups is 1. The van der Waals surface area contributed by atoms with Crippen LogP contribution in [0.4, 0.5) is 14.5 Å². The Morgan fingerprint density at radius 1 is 1.02 bits per heavy atom. The number of amides is 2. The van der Waals surface area contributed by atoms with Crippen molar-refractivity contribution in [1.82, 2.24) is 14.9 Å². The number of benzene rings is 2. The van der Waals surface area contributed by atoms with Gasteiger partial charge in [0.05, 0.1) is 29.7 Å². The highest BCUT2D eigenvalue weighted by atomic mass is 32.2. The SMILES string of the molecule is CS(=O)(=O)N(CCN1CCCCC1)c1ccc2c(c1)C(=O)N(CC(=O)OC1(c3ccc(OC(F)F)c(OCC4CC4)c3)C=CC=CN1[O-])C2=O. The maximum atomic E-state index is 13.5. The fraction of sp³-hybridized carbons (Fsp3) is 0.441. The first-order chi connectivity index (χ1) is 23.9. The molecule has 1 saturated carbocycles. The molecule has 0 aromatic heterocycles. The first-order valence-corrected chi connectivity index (χ1v) is 18.2. The Labute approximate surface area is 288 Å². The molecule has 268 valence electrons. The number of halogens is 2. The monoisotopic (exact) mass is 715 g/mol. The minimum absolute atomic E-state index is 0.0243. The molecule has 6 rings (SSSR count). The summed E-state index contributed by atoms with van der Waals surface area (Å²) >= 11 is 0. The van der Waals surface area contributed by atoms with Crippen LogP contribution < -0.4 is 13.8 Å². The number of fused-ring (bicyclic) bond motifs is 1.